The fourth-order valence-electron chi connectivity index (χ4n) is 7.47. The fourth-order valence-corrected chi connectivity index (χ4v) is 7.47. The molecule has 0 fully saturated rings. The molecule has 0 saturated heterocycles. The van der Waals surface area contributed by atoms with Crippen LogP contribution in [0.2, 0.25) is 0 Å². The second-order valence-electron chi connectivity index (χ2n) is 12.1. The molecule has 0 radical (unpaired) electrons. The molecule has 47 heavy (non-hydrogen) atoms. The summed E-state index contributed by atoms with van der Waals surface area (Å²) in [5, 5.41) is 10.8. The highest BCUT2D eigenvalue weighted by Crippen LogP contribution is 2.48. The highest BCUT2D eigenvalue weighted by molar-refractivity contribution is 6.27. The fraction of sp³-hybridized carbons (Fsp3) is 0. The maximum absolute atomic E-state index is 8.68. The molecule has 10 aromatic rings. The van der Waals surface area contributed by atoms with E-state index >= 15 is 0 Å². The second-order valence-corrected chi connectivity index (χ2v) is 12.1. The van der Waals surface area contributed by atoms with E-state index in [-0.39, 0.29) is 29.7 Å². The first kappa shape index (κ1) is 21.5. The molecule has 1 aromatic heterocycles. The first-order chi connectivity index (χ1) is 25.4. The van der Waals surface area contributed by atoms with Crippen LogP contribution in [0, 0.1) is 0 Å². The van der Waals surface area contributed by atoms with E-state index < -0.39 is 6.04 Å². The highest BCUT2D eigenvalue weighted by Gasteiger charge is 2.21. The number of furan rings is 1. The first-order valence-corrected chi connectivity index (χ1v) is 15.8. The Balaban J connectivity index is 1.29. The van der Waals surface area contributed by atoms with Crippen LogP contribution in [-0.4, -0.2) is 0 Å². The molecule has 1 nitrogen and oxygen atoms in total. The molecule has 0 bridgehead atoms. The maximum Gasteiger partial charge on any atom is 0.136 e. The summed E-state index contributed by atoms with van der Waals surface area (Å²) >= 11 is 0. The van der Waals surface area contributed by atoms with Gasteiger partial charge >= 0.3 is 0 Å². The van der Waals surface area contributed by atoms with Gasteiger partial charge in [0.15, 0.2) is 0 Å². The molecule has 0 unspecified atom stereocenters. The smallest absolute Gasteiger partial charge is 0.136 e. The number of hydrogen-bond acceptors (Lipinski definition) is 1. The molecule has 0 aliphatic carbocycles. The van der Waals surface area contributed by atoms with Crippen molar-refractivity contribution in [2.45, 2.75) is 0 Å². The van der Waals surface area contributed by atoms with E-state index in [9.17, 15) is 0 Å². The van der Waals surface area contributed by atoms with E-state index in [0.717, 1.165) is 87.3 Å². The second kappa shape index (κ2) is 10.2. The lowest BCUT2D eigenvalue weighted by atomic mass is 9.83. The number of rotatable bonds is 3. The van der Waals surface area contributed by atoms with Gasteiger partial charge in [-0.3, -0.25) is 0 Å². The van der Waals surface area contributed by atoms with E-state index in [0.29, 0.717) is 5.56 Å². The minimum absolute atomic E-state index is 0.195. The normalized spacial score (nSPS) is 13.3. The molecule has 10 rings (SSSR count). The molecule has 0 spiro atoms. The Hall–Kier alpha value is -6.18. The summed E-state index contributed by atoms with van der Waals surface area (Å²) in [4.78, 5) is 0. The Morgan fingerprint density at radius 2 is 0.979 bits per heavy atom. The lowest BCUT2D eigenvalue weighted by Gasteiger charge is -2.19. The third-order valence-electron chi connectivity index (χ3n) is 9.50. The van der Waals surface area contributed by atoms with Crippen molar-refractivity contribution in [1.29, 1.82) is 0 Å². The van der Waals surface area contributed by atoms with Gasteiger partial charge in [0, 0.05) is 10.8 Å². The lowest BCUT2D eigenvalue weighted by Crippen LogP contribution is -1.92. The molecular weight excluding hydrogens is 569 g/mol. The van der Waals surface area contributed by atoms with Gasteiger partial charge in [-0.1, -0.05) is 145 Å². The van der Waals surface area contributed by atoms with E-state index in [1.807, 2.05) is 24.3 Å². The van der Waals surface area contributed by atoms with Crippen molar-refractivity contribution in [3.8, 4) is 33.4 Å². The molecule has 0 N–H and O–H groups in total. The van der Waals surface area contributed by atoms with Crippen LogP contribution in [0.4, 0.5) is 0 Å². The van der Waals surface area contributed by atoms with Crippen molar-refractivity contribution >= 4 is 65.0 Å². The Labute approximate surface area is 279 Å². The van der Waals surface area contributed by atoms with Crippen molar-refractivity contribution in [3.63, 3.8) is 0 Å². The van der Waals surface area contributed by atoms with Crippen molar-refractivity contribution < 1.29 is 11.3 Å². The predicted octanol–water partition coefficient (Wildman–Crippen LogP) is 13.2. The zero-order valence-electron chi connectivity index (χ0n) is 30.2. The average Bonchev–Trinajstić information content (AvgIpc) is 3.55. The van der Waals surface area contributed by atoms with Crippen LogP contribution in [0.25, 0.3) is 98.4 Å². The van der Waals surface area contributed by atoms with Gasteiger partial charge in [0.2, 0.25) is 0 Å². The Kier molecular flexibility index (Phi) is 4.66. The molecule has 0 saturated carbocycles. The molecule has 0 atom stereocenters. The van der Waals surface area contributed by atoms with E-state index in [2.05, 4.69) is 115 Å². The minimum Gasteiger partial charge on any atom is -0.456 e. The molecule has 218 valence electrons. The van der Waals surface area contributed by atoms with Gasteiger partial charge in [-0.15, -0.1) is 0 Å². The highest BCUT2D eigenvalue weighted by atomic mass is 16.3. The van der Waals surface area contributed by atoms with Gasteiger partial charge in [-0.2, -0.15) is 0 Å². The van der Waals surface area contributed by atoms with Gasteiger partial charge in [0.1, 0.15) is 11.2 Å². The largest absolute Gasteiger partial charge is 0.456 e. The molecular formula is C46H28O. The van der Waals surface area contributed by atoms with Gasteiger partial charge < -0.3 is 4.42 Å². The van der Waals surface area contributed by atoms with Gasteiger partial charge in [-0.25, -0.2) is 0 Å². The monoisotopic (exact) mass is 601 g/mol. The van der Waals surface area contributed by atoms with Crippen LogP contribution in [0.5, 0.6) is 0 Å². The van der Waals surface area contributed by atoms with E-state index in [1.54, 1.807) is 0 Å². The number of benzene rings is 9. The van der Waals surface area contributed by atoms with Crippen LogP contribution in [0.15, 0.2) is 174 Å². The van der Waals surface area contributed by atoms with Crippen molar-refractivity contribution in [1.82, 2.24) is 0 Å². The van der Waals surface area contributed by atoms with Crippen molar-refractivity contribution in [2.24, 2.45) is 0 Å². The third kappa shape index (κ3) is 3.97. The Morgan fingerprint density at radius 1 is 0.383 bits per heavy atom. The Bertz CT molecular complexity index is 3050. The third-order valence-corrected chi connectivity index (χ3v) is 9.50. The zero-order chi connectivity index (χ0) is 35.2. The van der Waals surface area contributed by atoms with Crippen molar-refractivity contribution in [3.05, 3.63) is 170 Å². The standard InChI is InChI=1S/C46H28O/c1-2-12-29(13-3-1)33-25-24-30-16-10-21-38(40(30)26-33)44-34-17-6-8-19-36(34)45(37-20-9-7-18-35(37)44)39-22-11-23-42-46(39)41-27-31-14-4-5-15-32(31)28-43(41)47-42/h1-28H/i1D,2D,3D,12D,13D. The summed E-state index contributed by atoms with van der Waals surface area (Å²) in [6, 6.07) is 46.7. The van der Waals surface area contributed by atoms with Crippen LogP contribution < -0.4 is 0 Å². The van der Waals surface area contributed by atoms with Gasteiger partial charge in [-0.05, 0) is 101 Å². The zero-order valence-corrected chi connectivity index (χ0v) is 25.2. The van der Waals surface area contributed by atoms with Gasteiger partial charge in [0.05, 0.1) is 6.85 Å². The predicted molar refractivity (Wildman–Crippen MR) is 200 cm³/mol. The topological polar surface area (TPSA) is 13.1 Å². The molecule has 9 aromatic carbocycles. The average molecular weight is 602 g/mol. The summed E-state index contributed by atoms with van der Waals surface area (Å²) in [5.41, 5.74) is 6.79. The quantitative estimate of drug-likeness (QED) is 0.184. The van der Waals surface area contributed by atoms with Crippen LogP contribution >= 0.6 is 0 Å². The van der Waals surface area contributed by atoms with Crippen molar-refractivity contribution in [2.75, 3.05) is 0 Å². The minimum atomic E-state index is -0.397. The molecule has 0 aliphatic heterocycles. The number of fused-ring (bicyclic) bond motifs is 7. The molecule has 1 heteroatoms. The maximum atomic E-state index is 8.68. The lowest BCUT2D eigenvalue weighted by molar-refractivity contribution is 0.669. The summed E-state index contributed by atoms with van der Waals surface area (Å²) in [6.07, 6.45) is 0. The molecule has 0 amide bonds. The molecule has 0 aliphatic rings. The van der Waals surface area contributed by atoms with E-state index in [1.165, 1.54) is 0 Å². The molecule has 1 heterocycles. The number of hydrogen-bond donors (Lipinski definition) is 0. The van der Waals surface area contributed by atoms with Crippen LogP contribution in [-0.2, 0) is 0 Å². The summed E-state index contributed by atoms with van der Waals surface area (Å²) in [7, 11) is 0. The summed E-state index contributed by atoms with van der Waals surface area (Å²) in [5.74, 6) is 0. The van der Waals surface area contributed by atoms with E-state index in [4.69, 9.17) is 11.3 Å². The summed E-state index contributed by atoms with van der Waals surface area (Å²) < 4.78 is 48.6. The van der Waals surface area contributed by atoms with Crippen LogP contribution in [0.1, 0.15) is 6.85 Å². The van der Waals surface area contributed by atoms with Gasteiger partial charge in [0.25, 0.3) is 0 Å². The summed E-state index contributed by atoms with van der Waals surface area (Å²) in [6.45, 7) is 0. The Morgan fingerprint density at radius 3 is 1.70 bits per heavy atom. The van der Waals surface area contributed by atoms with Crippen LogP contribution in [0.3, 0.4) is 0 Å². The SMILES string of the molecule is [2H]c1c([2H])c([2H])c(-c2ccc3cccc(-c4c5ccccc5c(-c5cccc6oc7cc8ccccc8cc7c56)c5ccccc45)c3c2)c([2H])c1[2H]. The first-order valence-electron chi connectivity index (χ1n) is 18.3.